The van der Waals surface area contributed by atoms with E-state index in [9.17, 15) is 4.79 Å². The largest absolute Gasteiger partial charge is 0.369 e. The molecule has 1 rings (SSSR count). The Kier molecular flexibility index (Phi) is 6.31. The van der Waals surface area contributed by atoms with E-state index in [1.165, 1.54) is 0 Å². The number of unbranched alkanes of at least 4 members (excludes halogenated alkanes) is 1. The minimum absolute atomic E-state index is 0.346. The Hall–Kier alpha value is -1.75. The van der Waals surface area contributed by atoms with Crippen molar-refractivity contribution in [1.29, 1.82) is 5.41 Å². The molecule has 0 aliphatic rings. The van der Waals surface area contributed by atoms with Crippen LogP contribution in [-0.4, -0.2) is 18.5 Å². The summed E-state index contributed by atoms with van der Waals surface area (Å²) in [6, 6.07) is 4.95. The molecule has 6 heteroatoms. The van der Waals surface area contributed by atoms with Crippen LogP contribution in [0.2, 0.25) is 5.02 Å². The van der Waals surface area contributed by atoms with Crippen LogP contribution in [0.3, 0.4) is 0 Å². The van der Waals surface area contributed by atoms with Crippen molar-refractivity contribution in [3.05, 3.63) is 28.8 Å². The van der Waals surface area contributed by atoms with E-state index in [0.29, 0.717) is 23.7 Å². The van der Waals surface area contributed by atoms with E-state index in [2.05, 4.69) is 5.32 Å². The van der Waals surface area contributed by atoms with Gasteiger partial charge in [-0.25, -0.2) is 9.69 Å². The zero-order valence-corrected chi connectivity index (χ0v) is 12.6. The van der Waals surface area contributed by atoms with E-state index in [0.717, 1.165) is 23.3 Å². The summed E-state index contributed by atoms with van der Waals surface area (Å²) in [7, 11) is 0. The smallest absolute Gasteiger partial charge is 0.328 e. The number of benzene rings is 1. The number of rotatable bonds is 5. The molecule has 5 nitrogen and oxygen atoms in total. The number of anilines is 1. The van der Waals surface area contributed by atoms with Crippen LogP contribution in [0.15, 0.2) is 18.2 Å². The highest BCUT2D eigenvalue weighted by atomic mass is 35.5. The van der Waals surface area contributed by atoms with E-state index in [1.807, 2.05) is 26.0 Å². The minimum atomic E-state index is -0.422. The number of halogens is 1. The highest BCUT2D eigenvalue weighted by Crippen LogP contribution is 2.30. The lowest BCUT2D eigenvalue weighted by atomic mass is 10.1. The SMILES string of the molecule is CCCCNC(=O)N(C(=N)N)c1c(Cl)cccc1CC. The van der Waals surface area contributed by atoms with Crippen molar-refractivity contribution in [2.75, 3.05) is 11.4 Å². The van der Waals surface area contributed by atoms with Gasteiger partial charge in [-0.1, -0.05) is 44.0 Å². The normalized spacial score (nSPS) is 10.2. The molecule has 0 spiro atoms. The van der Waals surface area contributed by atoms with Gasteiger partial charge >= 0.3 is 6.03 Å². The molecule has 0 saturated carbocycles. The predicted molar refractivity (Wildman–Crippen MR) is 83.5 cm³/mol. The fourth-order valence-electron chi connectivity index (χ4n) is 1.88. The number of para-hydroxylation sites is 1. The molecule has 0 heterocycles. The molecule has 20 heavy (non-hydrogen) atoms. The molecule has 0 aromatic heterocycles. The van der Waals surface area contributed by atoms with Crippen LogP contribution in [0.4, 0.5) is 10.5 Å². The first-order valence-corrected chi connectivity index (χ1v) is 7.10. The Bertz CT molecular complexity index is 490. The van der Waals surface area contributed by atoms with Gasteiger partial charge in [0.2, 0.25) is 5.96 Å². The number of carbonyl (C=O) groups excluding carboxylic acids is 1. The van der Waals surface area contributed by atoms with Crippen molar-refractivity contribution in [2.24, 2.45) is 5.73 Å². The molecule has 0 fully saturated rings. The van der Waals surface area contributed by atoms with Gasteiger partial charge in [-0.2, -0.15) is 0 Å². The number of carbonyl (C=O) groups is 1. The molecular formula is C14H21ClN4O. The molecular weight excluding hydrogens is 276 g/mol. The third kappa shape index (κ3) is 3.87. The monoisotopic (exact) mass is 296 g/mol. The Labute approximate surface area is 124 Å². The predicted octanol–water partition coefficient (Wildman–Crippen LogP) is 3.11. The van der Waals surface area contributed by atoms with Crippen LogP contribution < -0.4 is 16.0 Å². The molecule has 1 aromatic rings. The third-order valence-corrected chi connectivity index (χ3v) is 3.23. The topological polar surface area (TPSA) is 82.2 Å². The Morgan fingerprint density at radius 3 is 2.70 bits per heavy atom. The van der Waals surface area contributed by atoms with Crippen LogP contribution >= 0.6 is 11.6 Å². The molecule has 0 radical (unpaired) electrons. The van der Waals surface area contributed by atoms with Gasteiger partial charge in [-0.15, -0.1) is 0 Å². The fraction of sp³-hybridized carbons (Fsp3) is 0.429. The second-order valence-electron chi connectivity index (χ2n) is 4.41. The minimum Gasteiger partial charge on any atom is -0.369 e. The van der Waals surface area contributed by atoms with Crippen molar-refractivity contribution >= 4 is 29.3 Å². The number of nitrogens with one attached hydrogen (secondary N) is 2. The summed E-state index contributed by atoms with van der Waals surface area (Å²) in [4.78, 5) is 13.3. The number of amides is 2. The van der Waals surface area contributed by atoms with Gasteiger partial charge in [0, 0.05) is 6.54 Å². The van der Waals surface area contributed by atoms with Gasteiger partial charge in [0.15, 0.2) is 0 Å². The van der Waals surface area contributed by atoms with Gasteiger partial charge < -0.3 is 11.1 Å². The molecule has 0 bridgehead atoms. The summed E-state index contributed by atoms with van der Waals surface area (Å²) >= 11 is 6.18. The maximum Gasteiger partial charge on any atom is 0.328 e. The summed E-state index contributed by atoms with van der Waals surface area (Å²) in [6.45, 7) is 4.55. The summed E-state index contributed by atoms with van der Waals surface area (Å²) < 4.78 is 0. The molecule has 1 aromatic carbocycles. The molecule has 0 saturated heterocycles. The lowest BCUT2D eigenvalue weighted by molar-refractivity contribution is 0.249. The molecule has 4 N–H and O–H groups in total. The zero-order chi connectivity index (χ0) is 15.1. The molecule has 0 atom stereocenters. The highest BCUT2D eigenvalue weighted by Gasteiger charge is 2.23. The summed E-state index contributed by atoms with van der Waals surface area (Å²) in [5, 5.41) is 10.8. The van der Waals surface area contributed by atoms with Crippen LogP contribution in [-0.2, 0) is 6.42 Å². The Balaban J connectivity index is 3.08. The lowest BCUT2D eigenvalue weighted by Crippen LogP contribution is -2.48. The van der Waals surface area contributed by atoms with E-state index in [-0.39, 0.29) is 5.96 Å². The number of nitrogens with zero attached hydrogens (tertiary/aromatic N) is 1. The van der Waals surface area contributed by atoms with Gasteiger partial charge in [-0.05, 0) is 24.5 Å². The van der Waals surface area contributed by atoms with Gasteiger partial charge in [0.25, 0.3) is 0 Å². The first-order valence-electron chi connectivity index (χ1n) is 6.72. The van der Waals surface area contributed by atoms with Gasteiger partial charge in [0.1, 0.15) is 0 Å². The summed E-state index contributed by atoms with van der Waals surface area (Å²) in [5.74, 6) is -0.346. The number of urea groups is 1. The number of nitrogens with two attached hydrogens (primary N) is 1. The molecule has 0 aliphatic heterocycles. The second-order valence-corrected chi connectivity index (χ2v) is 4.81. The molecule has 0 unspecified atom stereocenters. The van der Waals surface area contributed by atoms with Crippen molar-refractivity contribution in [3.8, 4) is 0 Å². The van der Waals surface area contributed by atoms with Crippen LogP contribution in [0, 0.1) is 5.41 Å². The number of aryl methyl sites for hydroxylation is 1. The molecule has 0 aliphatic carbocycles. The van der Waals surface area contributed by atoms with E-state index < -0.39 is 6.03 Å². The lowest BCUT2D eigenvalue weighted by Gasteiger charge is -2.24. The van der Waals surface area contributed by atoms with Crippen molar-refractivity contribution < 1.29 is 4.79 Å². The highest BCUT2D eigenvalue weighted by molar-refractivity contribution is 6.35. The maximum atomic E-state index is 12.2. The average molecular weight is 297 g/mol. The first-order chi connectivity index (χ1) is 9.52. The number of guanidine groups is 1. The first kappa shape index (κ1) is 16.3. The Morgan fingerprint density at radius 2 is 2.15 bits per heavy atom. The number of hydrogen-bond acceptors (Lipinski definition) is 2. The van der Waals surface area contributed by atoms with Crippen LogP contribution in [0.1, 0.15) is 32.3 Å². The molecule has 110 valence electrons. The average Bonchev–Trinajstić information content (AvgIpc) is 2.40. The second kappa shape index (κ2) is 7.75. The van der Waals surface area contributed by atoms with Crippen molar-refractivity contribution in [1.82, 2.24) is 5.32 Å². The standard InChI is InChI=1S/C14H21ClN4O/c1-3-5-9-18-14(20)19(13(16)17)12-10(4-2)7-6-8-11(12)15/h6-8H,3-5,9H2,1-2H3,(H3,16,17)(H,18,20). The van der Waals surface area contributed by atoms with E-state index in [4.69, 9.17) is 22.7 Å². The van der Waals surface area contributed by atoms with Crippen LogP contribution in [0.25, 0.3) is 0 Å². The number of hydrogen-bond donors (Lipinski definition) is 3. The maximum absolute atomic E-state index is 12.2. The zero-order valence-electron chi connectivity index (χ0n) is 11.9. The van der Waals surface area contributed by atoms with Gasteiger partial charge in [-0.3, -0.25) is 5.41 Å². The van der Waals surface area contributed by atoms with Crippen LogP contribution in [0.5, 0.6) is 0 Å². The Morgan fingerprint density at radius 1 is 1.45 bits per heavy atom. The summed E-state index contributed by atoms with van der Waals surface area (Å²) in [6.07, 6.45) is 2.55. The van der Waals surface area contributed by atoms with E-state index >= 15 is 0 Å². The third-order valence-electron chi connectivity index (χ3n) is 2.93. The van der Waals surface area contributed by atoms with Crippen molar-refractivity contribution in [2.45, 2.75) is 33.1 Å². The quantitative estimate of drug-likeness (QED) is 0.443. The van der Waals surface area contributed by atoms with E-state index in [1.54, 1.807) is 6.07 Å². The van der Waals surface area contributed by atoms with Gasteiger partial charge in [0.05, 0.1) is 10.7 Å². The fourth-order valence-corrected chi connectivity index (χ4v) is 2.16. The van der Waals surface area contributed by atoms with Crippen molar-refractivity contribution in [3.63, 3.8) is 0 Å². The molecule has 2 amide bonds. The summed E-state index contributed by atoms with van der Waals surface area (Å²) in [5.41, 5.74) is 6.91.